The number of aryl methyl sites for hydroxylation is 1. The van der Waals surface area contributed by atoms with Gasteiger partial charge in [-0.05, 0) is 51.0 Å². The Morgan fingerprint density at radius 2 is 1.50 bits per heavy atom. The van der Waals surface area contributed by atoms with Crippen LogP contribution >= 0.6 is 0 Å². The van der Waals surface area contributed by atoms with Crippen LogP contribution in [-0.2, 0) is 19.3 Å². The zero-order chi connectivity index (χ0) is 15.0. The highest BCUT2D eigenvalue weighted by molar-refractivity contribution is 6.60. The van der Waals surface area contributed by atoms with Gasteiger partial charge in [-0.1, -0.05) is 6.07 Å². The van der Waals surface area contributed by atoms with E-state index >= 15 is 0 Å². The lowest BCUT2D eigenvalue weighted by Gasteiger charge is -2.29. The average Bonchev–Trinajstić information content (AvgIpc) is 2.42. The van der Waals surface area contributed by atoms with Crippen LogP contribution in [0.25, 0.3) is 0 Å². The first kappa shape index (κ1) is 17.2. The van der Waals surface area contributed by atoms with Crippen LogP contribution in [-0.4, -0.2) is 35.7 Å². The highest BCUT2D eigenvalue weighted by Crippen LogP contribution is 2.23. The van der Waals surface area contributed by atoms with E-state index in [4.69, 9.17) is 18.0 Å². The van der Waals surface area contributed by atoms with Gasteiger partial charge in [0, 0.05) is 25.9 Å². The van der Waals surface area contributed by atoms with Crippen LogP contribution in [0.3, 0.4) is 0 Å². The van der Waals surface area contributed by atoms with E-state index in [2.05, 4.69) is 13.0 Å². The topological polar surface area (TPSA) is 36.9 Å². The van der Waals surface area contributed by atoms with Gasteiger partial charge in [-0.2, -0.15) is 0 Å². The van der Waals surface area contributed by atoms with Crippen LogP contribution in [0.2, 0.25) is 0 Å². The summed E-state index contributed by atoms with van der Waals surface area (Å²) in [5.41, 5.74) is 2.35. The molecule has 0 amide bonds. The van der Waals surface area contributed by atoms with Gasteiger partial charge in [-0.25, -0.2) is 0 Å². The number of rotatable bonds is 9. The van der Waals surface area contributed by atoms with Crippen molar-refractivity contribution in [3.05, 3.63) is 29.3 Å². The maximum atomic E-state index is 5.89. The molecule has 0 unspecified atom stereocenters. The Hall–Kier alpha value is -0.883. The molecule has 0 N–H and O–H groups in total. The van der Waals surface area contributed by atoms with Gasteiger partial charge in [0.1, 0.15) is 5.75 Å². The van der Waals surface area contributed by atoms with Gasteiger partial charge in [-0.3, -0.25) is 0 Å². The molecule has 4 nitrogen and oxygen atoms in total. The molecular weight excluding hydrogens is 272 g/mol. The maximum Gasteiger partial charge on any atom is 0.505 e. The molecule has 1 aromatic rings. The third-order valence-corrected chi connectivity index (χ3v) is 6.05. The van der Waals surface area contributed by atoms with Crippen molar-refractivity contribution in [2.24, 2.45) is 0 Å². The van der Waals surface area contributed by atoms with Crippen molar-refractivity contribution in [2.45, 2.75) is 33.7 Å². The number of hydrogen-bond acceptors (Lipinski definition) is 4. The van der Waals surface area contributed by atoms with Gasteiger partial charge in [0.2, 0.25) is 0 Å². The third kappa shape index (κ3) is 4.59. The van der Waals surface area contributed by atoms with Crippen LogP contribution in [0.1, 0.15) is 31.9 Å². The molecule has 0 aromatic heterocycles. The van der Waals surface area contributed by atoms with Crippen LogP contribution in [0.15, 0.2) is 18.2 Å². The van der Waals surface area contributed by atoms with Gasteiger partial charge in [-0.15, -0.1) is 0 Å². The predicted octanol–water partition coefficient (Wildman–Crippen LogP) is 3.13. The SMILES string of the molecule is CCO[Si](Cc1ccc(OC)cc1C)(OCC)OCC. The molecule has 5 heteroatoms. The lowest BCUT2D eigenvalue weighted by molar-refractivity contribution is 0.0703. The van der Waals surface area contributed by atoms with Gasteiger partial charge in [0.15, 0.2) is 0 Å². The summed E-state index contributed by atoms with van der Waals surface area (Å²) in [5.74, 6) is 0.864. The van der Waals surface area contributed by atoms with Gasteiger partial charge >= 0.3 is 8.80 Å². The Morgan fingerprint density at radius 3 is 1.90 bits per heavy atom. The van der Waals surface area contributed by atoms with E-state index in [1.165, 1.54) is 11.1 Å². The third-order valence-electron chi connectivity index (χ3n) is 3.05. The van der Waals surface area contributed by atoms with Crippen LogP contribution in [0.5, 0.6) is 5.75 Å². The zero-order valence-corrected chi connectivity index (χ0v) is 14.2. The summed E-state index contributed by atoms with van der Waals surface area (Å²) in [6, 6.07) is 6.75. The number of benzene rings is 1. The highest BCUT2D eigenvalue weighted by atomic mass is 28.4. The van der Waals surface area contributed by atoms with Gasteiger partial charge in [0.25, 0.3) is 0 Å². The van der Waals surface area contributed by atoms with Gasteiger partial charge < -0.3 is 18.0 Å². The molecule has 0 aliphatic carbocycles. The Morgan fingerprint density at radius 1 is 0.950 bits per heavy atom. The molecule has 0 saturated heterocycles. The summed E-state index contributed by atoms with van der Waals surface area (Å²) in [5, 5.41) is 0. The zero-order valence-electron chi connectivity index (χ0n) is 13.2. The standard InChI is InChI=1S/C15H26O4Si/c1-6-17-20(18-7-2,19-8-3)12-14-9-10-15(16-5)11-13(14)4/h9-11H,6-8,12H2,1-5H3. The number of hydrogen-bond donors (Lipinski definition) is 0. The molecule has 0 aliphatic rings. The molecule has 0 aliphatic heterocycles. The molecule has 1 aromatic carbocycles. The lowest BCUT2D eigenvalue weighted by atomic mass is 10.1. The Bertz CT molecular complexity index is 392. The summed E-state index contributed by atoms with van der Waals surface area (Å²) < 4.78 is 22.9. The lowest BCUT2D eigenvalue weighted by Crippen LogP contribution is -2.48. The minimum absolute atomic E-state index is 0.599. The van der Waals surface area contributed by atoms with Gasteiger partial charge in [0.05, 0.1) is 7.11 Å². The van der Waals surface area contributed by atoms with E-state index in [9.17, 15) is 0 Å². The first-order chi connectivity index (χ1) is 9.60. The van der Waals surface area contributed by atoms with Crippen LogP contribution in [0.4, 0.5) is 0 Å². The molecule has 0 spiro atoms. The van der Waals surface area contributed by atoms with E-state index in [1.807, 2.05) is 32.9 Å². The van der Waals surface area contributed by atoms with Crippen molar-refractivity contribution in [2.75, 3.05) is 26.9 Å². The summed E-state index contributed by atoms with van der Waals surface area (Å²) in [4.78, 5) is 0. The van der Waals surface area contributed by atoms with E-state index in [0.717, 1.165) is 5.75 Å². The van der Waals surface area contributed by atoms with Crippen molar-refractivity contribution in [3.8, 4) is 5.75 Å². The Labute approximate surface area is 123 Å². The van der Waals surface area contributed by atoms with E-state index in [1.54, 1.807) is 7.11 Å². The quantitative estimate of drug-likeness (QED) is 0.656. The first-order valence-corrected chi connectivity index (χ1v) is 9.09. The largest absolute Gasteiger partial charge is 0.505 e. The maximum absolute atomic E-state index is 5.89. The fourth-order valence-corrected chi connectivity index (χ4v) is 4.90. The molecule has 0 atom stereocenters. The number of ether oxygens (including phenoxy) is 1. The molecule has 0 radical (unpaired) electrons. The van der Waals surface area contributed by atoms with Crippen LogP contribution < -0.4 is 4.74 Å². The molecule has 1 rings (SSSR count). The molecule has 114 valence electrons. The minimum Gasteiger partial charge on any atom is -0.497 e. The molecule has 0 saturated carbocycles. The second-order valence-corrected chi connectivity index (χ2v) is 7.04. The molecule has 20 heavy (non-hydrogen) atoms. The second-order valence-electron chi connectivity index (χ2n) is 4.45. The van der Waals surface area contributed by atoms with Crippen molar-refractivity contribution in [3.63, 3.8) is 0 Å². The Kier molecular flexibility index (Phi) is 7.22. The van der Waals surface area contributed by atoms with Crippen molar-refractivity contribution >= 4 is 8.80 Å². The fraction of sp³-hybridized carbons (Fsp3) is 0.600. The highest BCUT2D eigenvalue weighted by Gasteiger charge is 2.40. The van der Waals surface area contributed by atoms with Crippen molar-refractivity contribution in [1.82, 2.24) is 0 Å². The van der Waals surface area contributed by atoms with Crippen molar-refractivity contribution in [1.29, 1.82) is 0 Å². The molecule has 0 heterocycles. The summed E-state index contributed by atoms with van der Waals surface area (Å²) >= 11 is 0. The molecular formula is C15H26O4Si. The Balaban J connectivity index is 2.98. The minimum atomic E-state index is -2.64. The normalized spacial score (nSPS) is 11.7. The summed E-state index contributed by atoms with van der Waals surface area (Å²) in [7, 11) is -0.961. The van der Waals surface area contributed by atoms with E-state index in [-0.39, 0.29) is 0 Å². The second kappa shape index (κ2) is 8.41. The summed E-state index contributed by atoms with van der Waals surface area (Å²) in [6.07, 6.45) is 0. The molecule has 0 fully saturated rings. The van der Waals surface area contributed by atoms with Crippen molar-refractivity contribution < 1.29 is 18.0 Å². The summed E-state index contributed by atoms with van der Waals surface area (Å²) in [6.45, 7) is 9.78. The number of methoxy groups -OCH3 is 1. The average molecular weight is 298 g/mol. The smallest absolute Gasteiger partial charge is 0.497 e. The van der Waals surface area contributed by atoms with Crippen LogP contribution in [0, 0.1) is 6.92 Å². The predicted molar refractivity (Wildman–Crippen MR) is 82.1 cm³/mol. The fourth-order valence-electron chi connectivity index (χ4n) is 2.16. The van der Waals surface area contributed by atoms with E-state index < -0.39 is 8.80 Å². The molecule has 0 bridgehead atoms. The first-order valence-electron chi connectivity index (χ1n) is 7.16. The monoisotopic (exact) mass is 298 g/mol. The van der Waals surface area contributed by atoms with E-state index in [0.29, 0.717) is 25.9 Å².